The van der Waals surface area contributed by atoms with Gasteiger partial charge in [0.05, 0.1) is 6.61 Å². The molecule has 1 heterocycles. The second kappa shape index (κ2) is 7.61. The number of ether oxygens (including phenoxy) is 1. The maximum atomic E-state index is 5.44. The summed E-state index contributed by atoms with van der Waals surface area (Å²) in [5.74, 6) is 1.76. The van der Waals surface area contributed by atoms with Gasteiger partial charge in [-0.15, -0.1) is 0 Å². The maximum Gasteiger partial charge on any atom is 0.0630 e. The molecule has 1 aliphatic heterocycles. The van der Waals surface area contributed by atoms with E-state index in [1.165, 1.54) is 45.2 Å². The largest absolute Gasteiger partial charge is 0.383 e. The topological polar surface area (TPSA) is 24.5 Å². The van der Waals surface area contributed by atoms with E-state index >= 15 is 0 Å². The molecule has 2 atom stereocenters. The summed E-state index contributed by atoms with van der Waals surface area (Å²) in [4.78, 5) is 2.67. The highest BCUT2D eigenvalue weighted by atomic mass is 16.5. The first kappa shape index (κ1) is 15.3. The first-order valence-electron chi connectivity index (χ1n) is 8.17. The fourth-order valence-electron chi connectivity index (χ4n) is 3.25. The Morgan fingerprint density at radius 2 is 1.95 bits per heavy atom. The van der Waals surface area contributed by atoms with E-state index < -0.39 is 0 Å². The number of hydrogen-bond acceptors (Lipinski definition) is 3. The monoisotopic (exact) mass is 268 g/mol. The van der Waals surface area contributed by atoms with Crippen LogP contribution in [0.1, 0.15) is 46.0 Å². The number of likely N-dealkylation sites (tertiary alicyclic amines) is 1. The summed E-state index contributed by atoms with van der Waals surface area (Å²) >= 11 is 0. The smallest absolute Gasteiger partial charge is 0.0630 e. The van der Waals surface area contributed by atoms with E-state index in [-0.39, 0.29) is 0 Å². The number of nitrogens with zero attached hydrogens (tertiary/aromatic N) is 1. The van der Waals surface area contributed by atoms with Crippen molar-refractivity contribution in [2.24, 2.45) is 11.8 Å². The van der Waals surface area contributed by atoms with Crippen molar-refractivity contribution < 1.29 is 4.74 Å². The predicted octanol–water partition coefficient (Wildman–Crippen LogP) is 2.51. The molecule has 3 nitrogen and oxygen atoms in total. The van der Waals surface area contributed by atoms with Crippen molar-refractivity contribution in [3.8, 4) is 0 Å². The van der Waals surface area contributed by atoms with Crippen molar-refractivity contribution in [1.82, 2.24) is 10.2 Å². The zero-order valence-electron chi connectivity index (χ0n) is 13.0. The van der Waals surface area contributed by atoms with Crippen molar-refractivity contribution in [2.75, 3.05) is 33.4 Å². The Bertz CT molecular complexity index is 253. The molecule has 0 aromatic heterocycles. The average Bonchev–Trinajstić information content (AvgIpc) is 3.20. The van der Waals surface area contributed by atoms with Gasteiger partial charge >= 0.3 is 0 Å². The van der Waals surface area contributed by atoms with Gasteiger partial charge in [-0.05, 0) is 57.0 Å². The lowest BCUT2D eigenvalue weighted by molar-refractivity contribution is 0.0898. The molecule has 2 fully saturated rings. The molecule has 0 aromatic rings. The Morgan fingerprint density at radius 1 is 1.16 bits per heavy atom. The Kier molecular flexibility index (Phi) is 6.11. The highest BCUT2D eigenvalue weighted by Gasteiger charge is 2.27. The molecule has 3 heteroatoms. The fraction of sp³-hybridized carbons (Fsp3) is 1.00. The van der Waals surface area contributed by atoms with Crippen molar-refractivity contribution >= 4 is 0 Å². The van der Waals surface area contributed by atoms with Crippen LogP contribution in [0, 0.1) is 11.8 Å². The van der Waals surface area contributed by atoms with E-state index in [4.69, 9.17) is 4.74 Å². The van der Waals surface area contributed by atoms with E-state index in [1.807, 2.05) is 7.11 Å². The number of rotatable bonds is 7. The van der Waals surface area contributed by atoms with E-state index in [0.717, 1.165) is 31.0 Å². The van der Waals surface area contributed by atoms with Gasteiger partial charge in [0.2, 0.25) is 0 Å². The normalized spacial score (nSPS) is 27.5. The highest BCUT2D eigenvalue weighted by Crippen LogP contribution is 2.25. The third-order valence-corrected chi connectivity index (χ3v) is 4.85. The van der Waals surface area contributed by atoms with Crippen LogP contribution in [-0.2, 0) is 4.74 Å². The Labute approximate surface area is 119 Å². The average molecular weight is 268 g/mol. The number of methoxy groups -OCH3 is 1. The van der Waals surface area contributed by atoms with Gasteiger partial charge in [0.15, 0.2) is 0 Å². The fourth-order valence-corrected chi connectivity index (χ4v) is 3.25. The lowest BCUT2D eigenvalue weighted by atomic mass is 9.89. The molecule has 2 rings (SSSR count). The van der Waals surface area contributed by atoms with Gasteiger partial charge in [-0.2, -0.15) is 0 Å². The Hall–Kier alpha value is -0.120. The molecule has 0 amide bonds. The molecule has 1 saturated carbocycles. The minimum atomic E-state index is 0.566. The van der Waals surface area contributed by atoms with Crippen LogP contribution in [0.3, 0.4) is 0 Å². The Balaban J connectivity index is 1.81. The minimum Gasteiger partial charge on any atom is -0.383 e. The first-order chi connectivity index (χ1) is 9.20. The van der Waals surface area contributed by atoms with Gasteiger partial charge in [-0.3, -0.25) is 4.90 Å². The maximum absolute atomic E-state index is 5.44. The zero-order valence-corrected chi connectivity index (χ0v) is 13.0. The summed E-state index contributed by atoms with van der Waals surface area (Å²) in [5, 5.41) is 3.67. The zero-order chi connectivity index (χ0) is 13.7. The highest BCUT2D eigenvalue weighted by molar-refractivity contribution is 4.85. The van der Waals surface area contributed by atoms with Crippen LogP contribution < -0.4 is 5.32 Å². The van der Waals surface area contributed by atoms with Gasteiger partial charge in [0.25, 0.3) is 0 Å². The standard InChI is InChI=1S/C16H32N2O/c1-13(2)14-5-4-9-18(10-8-14)16(12-19-3)11-17-15-6-7-15/h13-17H,4-12H2,1-3H3. The quantitative estimate of drug-likeness (QED) is 0.768. The lowest BCUT2D eigenvalue weighted by Crippen LogP contribution is -2.46. The summed E-state index contributed by atoms with van der Waals surface area (Å²) in [5.41, 5.74) is 0. The van der Waals surface area contributed by atoms with Crippen LogP contribution in [0.2, 0.25) is 0 Å². The third kappa shape index (κ3) is 5.05. The van der Waals surface area contributed by atoms with Crippen LogP contribution in [0.4, 0.5) is 0 Å². The third-order valence-electron chi connectivity index (χ3n) is 4.85. The minimum absolute atomic E-state index is 0.566. The van der Waals surface area contributed by atoms with Gasteiger partial charge < -0.3 is 10.1 Å². The number of nitrogens with one attached hydrogen (secondary N) is 1. The molecular weight excluding hydrogens is 236 g/mol. The number of hydrogen-bond donors (Lipinski definition) is 1. The second-order valence-corrected chi connectivity index (χ2v) is 6.76. The second-order valence-electron chi connectivity index (χ2n) is 6.76. The molecule has 2 aliphatic rings. The molecule has 112 valence electrons. The summed E-state index contributed by atoms with van der Waals surface area (Å²) < 4.78 is 5.44. The van der Waals surface area contributed by atoms with Crippen LogP contribution in [0.25, 0.3) is 0 Å². The van der Waals surface area contributed by atoms with Gasteiger partial charge in [0, 0.05) is 25.7 Å². The molecule has 0 radical (unpaired) electrons. The van der Waals surface area contributed by atoms with Crippen molar-refractivity contribution in [2.45, 2.75) is 58.0 Å². The van der Waals surface area contributed by atoms with Crippen molar-refractivity contribution in [3.63, 3.8) is 0 Å². The molecular formula is C16H32N2O. The van der Waals surface area contributed by atoms with Gasteiger partial charge in [-0.1, -0.05) is 13.8 Å². The van der Waals surface area contributed by atoms with Crippen LogP contribution in [0.5, 0.6) is 0 Å². The molecule has 0 bridgehead atoms. The van der Waals surface area contributed by atoms with Crippen molar-refractivity contribution in [1.29, 1.82) is 0 Å². The summed E-state index contributed by atoms with van der Waals surface area (Å²) in [7, 11) is 1.83. The summed E-state index contributed by atoms with van der Waals surface area (Å²) in [6.45, 7) is 9.23. The van der Waals surface area contributed by atoms with Crippen LogP contribution in [-0.4, -0.2) is 50.3 Å². The molecule has 1 N–H and O–H groups in total. The van der Waals surface area contributed by atoms with Gasteiger partial charge in [0.1, 0.15) is 0 Å². The summed E-state index contributed by atoms with van der Waals surface area (Å²) in [6, 6.07) is 1.37. The molecule has 2 unspecified atom stereocenters. The first-order valence-corrected chi connectivity index (χ1v) is 8.17. The predicted molar refractivity (Wildman–Crippen MR) is 80.4 cm³/mol. The van der Waals surface area contributed by atoms with E-state index in [9.17, 15) is 0 Å². The molecule has 0 spiro atoms. The molecule has 1 aliphatic carbocycles. The van der Waals surface area contributed by atoms with E-state index in [2.05, 4.69) is 24.1 Å². The molecule has 0 aromatic carbocycles. The molecule has 1 saturated heterocycles. The summed E-state index contributed by atoms with van der Waals surface area (Å²) in [6.07, 6.45) is 6.86. The Morgan fingerprint density at radius 3 is 2.58 bits per heavy atom. The van der Waals surface area contributed by atoms with Crippen LogP contribution >= 0.6 is 0 Å². The SMILES string of the molecule is COCC(CNC1CC1)N1CCCC(C(C)C)CC1. The van der Waals surface area contributed by atoms with Gasteiger partial charge in [-0.25, -0.2) is 0 Å². The molecule has 19 heavy (non-hydrogen) atoms. The lowest BCUT2D eigenvalue weighted by Gasteiger charge is -2.30. The van der Waals surface area contributed by atoms with E-state index in [1.54, 1.807) is 0 Å². The van der Waals surface area contributed by atoms with Crippen molar-refractivity contribution in [3.05, 3.63) is 0 Å². The van der Waals surface area contributed by atoms with E-state index in [0.29, 0.717) is 6.04 Å². The van der Waals surface area contributed by atoms with Crippen LogP contribution in [0.15, 0.2) is 0 Å².